The number of hydrogen-bond donors (Lipinski definition) is 2. The SMILES string of the molecule is COc1cc(C(C)NC(=O)CNC(=O)c2ccc(Cl)c(Cl)c2)ccc1OC1CCCC1. The third-order valence-corrected chi connectivity index (χ3v) is 5.99. The number of halogens is 2. The average Bonchev–Trinajstić information content (AvgIpc) is 3.27. The predicted molar refractivity (Wildman–Crippen MR) is 121 cm³/mol. The van der Waals surface area contributed by atoms with Gasteiger partial charge in [0.2, 0.25) is 5.91 Å². The van der Waals surface area contributed by atoms with Gasteiger partial charge in [-0.25, -0.2) is 0 Å². The molecule has 0 aromatic heterocycles. The number of benzene rings is 2. The molecule has 8 heteroatoms. The van der Waals surface area contributed by atoms with Gasteiger partial charge in [-0.3, -0.25) is 9.59 Å². The van der Waals surface area contributed by atoms with Gasteiger partial charge in [-0.05, 0) is 68.5 Å². The summed E-state index contributed by atoms with van der Waals surface area (Å²) in [6, 6.07) is 9.92. The minimum absolute atomic E-state index is 0.163. The molecule has 2 aromatic carbocycles. The summed E-state index contributed by atoms with van der Waals surface area (Å²) in [5, 5.41) is 6.09. The lowest BCUT2D eigenvalue weighted by atomic mass is 10.1. The lowest BCUT2D eigenvalue weighted by Crippen LogP contribution is -2.38. The molecule has 6 nitrogen and oxygen atoms in total. The normalized spacial score (nSPS) is 14.7. The van der Waals surface area contributed by atoms with Crippen LogP contribution in [0.2, 0.25) is 10.0 Å². The van der Waals surface area contributed by atoms with Crippen molar-refractivity contribution in [2.24, 2.45) is 0 Å². The van der Waals surface area contributed by atoms with Gasteiger partial charge in [0.15, 0.2) is 11.5 Å². The van der Waals surface area contributed by atoms with E-state index in [-0.39, 0.29) is 29.6 Å². The molecular formula is C23H26Cl2N2O4. The molecule has 0 radical (unpaired) electrons. The smallest absolute Gasteiger partial charge is 0.251 e. The Morgan fingerprint density at radius 1 is 1.06 bits per heavy atom. The molecule has 166 valence electrons. The van der Waals surface area contributed by atoms with Gasteiger partial charge in [0.05, 0.1) is 35.8 Å². The summed E-state index contributed by atoms with van der Waals surface area (Å²) >= 11 is 11.8. The third-order valence-electron chi connectivity index (χ3n) is 5.25. The summed E-state index contributed by atoms with van der Waals surface area (Å²) in [4.78, 5) is 24.5. The van der Waals surface area contributed by atoms with Crippen LogP contribution in [-0.2, 0) is 4.79 Å². The highest BCUT2D eigenvalue weighted by atomic mass is 35.5. The van der Waals surface area contributed by atoms with Gasteiger partial charge >= 0.3 is 0 Å². The van der Waals surface area contributed by atoms with Crippen molar-refractivity contribution in [3.05, 3.63) is 57.6 Å². The molecule has 0 heterocycles. The van der Waals surface area contributed by atoms with E-state index in [1.54, 1.807) is 13.2 Å². The summed E-state index contributed by atoms with van der Waals surface area (Å²) in [5.41, 5.74) is 1.21. The van der Waals surface area contributed by atoms with Crippen LogP contribution in [0.25, 0.3) is 0 Å². The zero-order valence-electron chi connectivity index (χ0n) is 17.5. The minimum Gasteiger partial charge on any atom is -0.493 e. The maximum Gasteiger partial charge on any atom is 0.251 e. The number of nitrogens with one attached hydrogen (secondary N) is 2. The molecule has 1 fully saturated rings. The van der Waals surface area contributed by atoms with Crippen LogP contribution >= 0.6 is 23.2 Å². The van der Waals surface area contributed by atoms with Gasteiger partial charge in [-0.2, -0.15) is 0 Å². The molecule has 0 bridgehead atoms. The van der Waals surface area contributed by atoms with Crippen LogP contribution < -0.4 is 20.1 Å². The van der Waals surface area contributed by atoms with Crippen molar-refractivity contribution in [3.63, 3.8) is 0 Å². The maximum absolute atomic E-state index is 12.3. The molecular weight excluding hydrogens is 439 g/mol. The average molecular weight is 465 g/mol. The van der Waals surface area contributed by atoms with E-state index in [0.29, 0.717) is 22.1 Å². The summed E-state index contributed by atoms with van der Waals surface area (Å²) in [6.45, 7) is 1.70. The summed E-state index contributed by atoms with van der Waals surface area (Å²) in [6.07, 6.45) is 4.73. The van der Waals surface area contributed by atoms with E-state index in [2.05, 4.69) is 10.6 Å². The number of rotatable bonds is 8. The summed E-state index contributed by atoms with van der Waals surface area (Å²) in [5.74, 6) is 0.631. The molecule has 2 amide bonds. The fraction of sp³-hybridized carbons (Fsp3) is 0.391. The standard InChI is InChI=1S/C23H26Cl2N2O4/c1-14(15-8-10-20(21(12-15)30-2)31-17-5-3-4-6-17)27-22(28)13-26-23(29)16-7-9-18(24)19(25)11-16/h7-12,14,17H,3-6,13H2,1-2H3,(H,26,29)(H,27,28). The highest BCUT2D eigenvalue weighted by Crippen LogP contribution is 2.33. The molecule has 1 aliphatic carbocycles. The lowest BCUT2D eigenvalue weighted by Gasteiger charge is -2.19. The van der Waals surface area contributed by atoms with Gasteiger partial charge in [-0.1, -0.05) is 29.3 Å². The van der Waals surface area contributed by atoms with Crippen molar-refractivity contribution in [1.82, 2.24) is 10.6 Å². The zero-order chi connectivity index (χ0) is 22.4. The van der Waals surface area contributed by atoms with Crippen molar-refractivity contribution in [2.45, 2.75) is 44.8 Å². The molecule has 1 atom stereocenters. The van der Waals surface area contributed by atoms with Crippen LogP contribution in [0.5, 0.6) is 11.5 Å². The number of ether oxygens (including phenoxy) is 2. The molecule has 0 spiro atoms. The van der Waals surface area contributed by atoms with Crippen LogP contribution in [0, 0.1) is 0 Å². The molecule has 1 saturated carbocycles. The predicted octanol–water partition coefficient (Wildman–Crippen LogP) is 4.93. The van der Waals surface area contributed by atoms with E-state index in [4.69, 9.17) is 32.7 Å². The topological polar surface area (TPSA) is 76.7 Å². The largest absolute Gasteiger partial charge is 0.493 e. The second kappa shape index (κ2) is 10.7. The Morgan fingerprint density at radius 2 is 1.81 bits per heavy atom. The van der Waals surface area contributed by atoms with Crippen LogP contribution in [0.3, 0.4) is 0 Å². The Labute approximate surface area is 192 Å². The highest BCUT2D eigenvalue weighted by molar-refractivity contribution is 6.42. The van der Waals surface area contributed by atoms with E-state index in [1.807, 2.05) is 25.1 Å². The summed E-state index contributed by atoms with van der Waals surface area (Å²) in [7, 11) is 1.60. The second-order valence-electron chi connectivity index (χ2n) is 7.54. The maximum atomic E-state index is 12.3. The van der Waals surface area contributed by atoms with Gasteiger partial charge in [0, 0.05) is 5.56 Å². The molecule has 2 aromatic rings. The lowest BCUT2D eigenvalue weighted by molar-refractivity contribution is -0.120. The van der Waals surface area contributed by atoms with Crippen molar-refractivity contribution in [2.75, 3.05) is 13.7 Å². The van der Waals surface area contributed by atoms with Crippen LogP contribution in [0.15, 0.2) is 36.4 Å². The number of carbonyl (C=O) groups is 2. The van der Waals surface area contributed by atoms with E-state index in [9.17, 15) is 9.59 Å². The Bertz CT molecular complexity index is 945. The van der Waals surface area contributed by atoms with E-state index in [0.717, 1.165) is 18.4 Å². The number of amides is 2. The monoisotopic (exact) mass is 464 g/mol. The molecule has 1 aliphatic rings. The molecule has 0 aliphatic heterocycles. The first-order chi connectivity index (χ1) is 14.9. The van der Waals surface area contributed by atoms with Gasteiger partial charge in [0.25, 0.3) is 5.91 Å². The Kier molecular flexibility index (Phi) is 8.04. The van der Waals surface area contributed by atoms with E-state index < -0.39 is 5.91 Å². The van der Waals surface area contributed by atoms with Gasteiger partial charge in [0.1, 0.15) is 0 Å². The van der Waals surface area contributed by atoms with Crippen LogP contribution in [-0.4, -0.2) is 31.6 Å². The molecule has 31 heavy (non-hydrogen) atoms. The van der Waals surface area contributed by atoms with Crippen molar-refractivity contribution < 1.29 is 19.1 Å². The van der Waals surface area contributed by atoms with Crippen LogP contribution in [0.1, 0.15) is 54.6 Å². The minimum atomic E-state index is -0.406. The van der Waals surface area contributed by atoms with Gasteiger partial charge in [-0.15, -0.1) is 0 Å². The van der Waals surface area contributed by atoms with E-state index in [1.165, 1.54) is 25.0 Å². The molecule has 3 rings (SSSR count). The first-order valence-electron chi connectivity index (χ1n) is 10.2. The van der Waals surface area contributed by atoms with Crippen molar-refractivity contribution in [1.29, 1.82) is 0 Å². The first-order valence-corrected chi connectivity index (χ1v) is 11.0. The Balaban J connectivity index is 1.54. The fourth-order valence-electron chi connectivity index (χ4n) is 3.51. The molecule has 0 saturated heterocycles. The van der Waals surface area contributed by atoms with Crippen molar-refractivity contribution >= 4 is 35.0 Å². The van der Waals surface area contributed by atoms with Gasteiger partial charge < -0.3 is 20.1 Å². The quantitative estimate of drug-likeness (QED) is 0.580. The van der Waals surface area contributed by atoms with Crippen molar-refractivity contribution in [3.8, 4) is 11.5 Å². The third kappa shape index (κ3) is 6.28. The van der Waals surface area contributed by atoms with E-state index >= 15 is 0 Å². The highest BCUT2D eigenvalue weighted by Gasteiger charge is 2.19. The number of hydrogen-bond acceptors (Lipinski definition) is 4. The fourth-order valence-corrected chi connectivity index (χ4v) is 3.81. The summed E-state index contributed by atoms with van der Waals surface area (Å²) < 4.78 is 11.5. The second-order valence-corrected chi connectivity index (χ2v) is 8.35. The zero-order valence-corrected chi connectivity index (χ0v) is 19.1. The molecule has 1 unspecified atom stereocenters. The number of carbonyl (C=O) groups excluding carboxylic acids is 2. The van der Waals surface area contributed by atoms with Crippen LogP contribution in [0.4, 0.5) is 0 Å². The Hall–Kier alpha value is -2.44. The Morgan fingerprint density at radius 3 is 2.48 bits per heavy atom. The number of methoxy groups -OCH3 is 1. The molecule has 2 N–H and O–H groups in total. The first kappa shape index (κ1) is 23.2.